The molecule has 4 nitrogen and oxygen atoms in total. The monoisotopic (exact) mass is 338 g/mol. The third-order valence-electron chi connectivity index (χ3n) is 3.56. The lowest BCUT2D eigenvalue weighted by Gasteiger charge is -2.20. The van der Waals surface area contributed by atoms with Crippen molar-refractivity contribution in [1.82, 2.24) is 4.90 Å². The topological polar surface area (TPSA) is 49.4 Å². The summed E-state index contributed by atoms with van der Waals surface area (Å²) >= 11 is 3.54. The number of benzene rings is 1. The summed E-state index contributed by atoms with van der Waals surface area (Å²) in [7, 11) is 0. The zero-order valence-corrected chi connectivity index (χ0v) is 14.6. The lowest BCUT2D eigenvalue weighted by Crippen LogP contribution is -2.31. The van der Waals surface area contributed by atoms with Crippen molar-refractivity contribution in [3.05, 3.63) is 29.8 Å². The van der Waals surface area contributed by atoms with E-state index in [0.717, 1.165) is 22.9 Å². The molecular formula is C16H22N2O2S2. The van der Waals surface area contributed by atoms with Crippen molar-refractivity contribution in [2.45, 2.75) is 19.1 Å². The van der Waals surface area contributed by atoms with Crippen LogP contribution in [-0.2, 0) is 4.79 Å². The van der Waals surface area contributed by atoms with Crippen LogP contribution in [0.15, 0.2) is 24.3 Å². The van der Waals surface area contributed by atoms with Gasteiger partial charge in [0.1, 0.15) is 0 Å². The van der Waals surface area contributed by atoms with Gasteiger partial charge in [-0.15, -0.1) is 11.8 Å². The van der Waals surface area contributed by atoms with Crippen LogP contribution in [0.2, 0.25) is 0 Å². The van der Waals surface area contributed by atoms with Gasteiger partial charge < -0.3 is 10.2 Å². The number of rotatable bonds is 5. The first kappa shape index (κ1) is 17.2. The van der Waals surface area contributed by atoms with Gasteiger partial charge >= 0.3 is 0 Å². The molecule has 0 bridgehead atoms. The second-order valence-corrected chi connectivity index (χ2v) is 7.44. The van der Waals surface area contributed by atoms with E-state index in [1.807, 2.05) is 25.6 Å². The molecule has 6 heteroatoms. The van der Waals surface area contributed by atoms with Crippen molar-refractivity contribution < 1.29 is 9.59 Å². The van der Waals surface area contributed by atoms with Gasteiger partial charge in [-0.1, -0.05) is 0 Å². The summed E-state index contributed by atoms with van der Waals surface area (Å²) in [6.07, 6.45) is 0. The van der Waals surface area contributed by atoms with E-state index in [2.05, 4.69) is 5.32 Å². The van der Waals surface area contributed by atoms with E-state index < -0.39 is 0 Å². The normalized spacial score (nSPS) is 17.8. The van der Waals surface area contributed by atoms with Crippen molar-refractivity contribution in [2.75, 3.05) is 35.7 Å². The predicted octanol–water partition coefficient (Wildman–Crippen LogP) is 2.96. The highest BCUT2D eigenvalue weighted by Crippen LogP contribution is 2.25. The maximum absolute atomic E-state index is 12.2. The summed E-state index contributed by atoms with van der Waals surface area (Å²) in [6.45, 7) is 5.33. The van der Waals surface area contributed by atoms with E-state index in [1.54, 1.807) is 40.9 Å². The predicted molar refractivity (Wildman–Crippen MR) is 95.9 cm³/mol. The Bertz CT molecular complexity index is 509. The minimum Gasteiger partial charge on any atom is -0.339 e. The van der Waals surface area contributed by atoms with E-state index in [1.165, 1.54) is 0 Å². The molecule has 1 saturated heterocycles. The third-order valence-corrected chi connectivity index (χ3v) is 6.31. The highest BCUT2D eigenvalue weighted by molar-refractivity contribution is 8.07. The van der Waals surface area contributed by atoms with Crippen molar-refractivity contribution in [2.24, 2.45) is 0 Å². The van der Waals surface area contributed by atoms with Gasteiger partial charge in [-0.25, -0.2) is 0 Å². The first-order valence-electron chi connectivity index (χ1n) is 7.55. The van der Waals surface area contributed by atoms with Gasteiger partial charge in [0.05, 0.1) is 5.25 Å². The number of carbonyl (C=O) groups is 2. The number of hydrogen-bond donors (Lipinski definition) is 1. The third kappa shape index (κ3) is 4.43. The second-order valence-electron chi connectivity index (χ2n) is 4.98. The molecule has 0 aromatic heterocycles. The average Bonchev–Trinajstić information content (AvgIpc) is 2.57. The van der Waals surface area contributed by atoms with Gasteiger partial charge in [-0.3, -0.25) is 9.59 Å². The minimum absolute atomic E-state index is 0.0238. The van der Waals surface area contributed by atoms with Gasteiger partial charge in [-0.05, 0) is 38.1 Å². The fraction of sp³-hybridized carbons (Fsp3) is 0.500. The summed E-state index contributed by atoms with van der Waals surface area (Å²) in [5, 5.41) is 2.96. The Morgan fingerprint density at radius 2 is 1.86 bits per heavy atom. The molecule has 2 rings (SSSR count). The van der Waals surface area contributed by atoms with Gasteiger partial charge in [0.25, 0.3) is 5.91 Å². The minimum atomic E-state index is 0.0238. The number of carbonyl (C=O) groups excluding carboxylic acids is 2. The van der Waals surface area contributed by atoms with Crippen molar-refractivity contribution in [3.63, 3.8) is 0 Å². The van der Waals surface area contributed by atoms with Gasteiger partial charge in [0.2, 0.25) is 5.91 Å². The first-order valence-corrected chi connectivity index (χ1v) is 9.75. The maximum atomic E-state index is 12.2. The molecule has 0 aliphatic carbocycles. The van der Waals surface area contributed by atoms with Crippen LogP contribution >= 0.6 is 23.5 Å². The highest BCUT2D eigenvalue weighted by atomic mass is 32.2. The van der Waals surface area contributed by atoms with E-state index in [4.69, 9.17) is 0 Å². The molecule has 22 heavy (non-hydrogen) atoms. The lowest BCUT2D eigenvalue weighted by molar-refractivity contribution is -0.115. The standard InChI is InChI=1S/C16H22N2O2S2/c1-3-18(4-2)16(20)12-5-7-13(8-6-12)17-15(19)14-11-21-9-10-22-14/h5-8,14H,3-4,9-11H2,1-2H3,(H,17,19). The summed E-state index contributed by atoms with van der Waals surface area (Å²) < 4.78 is 0. The Morgan fingerprint density at radius 3 is 2.41 bits per heavy atom. The fourth-order valence-corrected chi connectivity index (χ4v) is 4.81. The molecule has 1 fully saturated rings. The molecule has 0 saturated carbocycles. The van der Waals surface area contributed by atoms with Crippen LogP contribution in [0.4, 0.5) is 5.69 Å². The molecule has 1 aromatic rings. The molecule has 1 aliphatic rings. The largest absolute Gasteiger partial charge is 0.339 e. The quantitative estimate of drug-likeness (QED) is 0.897. The number of hydrogen-bond acceptors (Lipinski definition) is 4. The van der Waals surface area contributed by atoms with Crippen molar-refractivity contribution in [1.29, 1.82) is 0 Å². The molecule has 1 N–H and O–H groups in total. The van der Waals surface area contributed by atoms with Crippen LogP contribution in [0, 0.1) is 0 Å². The number of thioether (sulfide) groups is 2. The van der Waals surface area contributed by atoms with Crippen LogP contribution in [0.5, 0.6) is 0 Å². The first-order chi connectivity index (χ1) is 10.7. The van der Waals surface area contributed by atoms with E-state index >= 15 is 0 Å². The smallest absolute Gasteiger partial charge is 0.253 e. The molecule has 0 radical (unpaired) electrons. The van der Waals surface area contributed by atoms with E-state index in [9.17, 15) is 9.59 Å². The maximum Gasteiger partial charge on any atom is 0.253 e. The lowest BCUT2D eigenvalue weighted by atomic mass is 10.1. The highest BCUT2D eigenvalue weighted by Gasteiger charge is 2.22. The Kier molecular flexibility index (Phi) is 6.64. The van der Waals surface area contributed by atoms with Crippen LogP contribution in [-0.4, -0.2) is 52.3 Å². The fourth-order valence-electron chi connectivity index (χ4n) is 2.25. The molecule has 1 heterocycles. The Hall–Kier alpha value is -1.14. The summed E-state index contributed by atoms with van der Waals surface area (Å²) in [6, 6.07) is 7.16. The molecular weight excluding hydrogens is 316 g/mol. The number of nitrogens with zero attached hydrogens (tertiary/aromatic N) is 1. The Morgan fingerprint density at radius 1 is 1.18 bits per heavy atom. The van der Waals surface area contributed by atoms with E-state index in [-0.39, 0.29) is 17.1 Å². The van der Waals surface area contributed by atoms with Gasteiger partial charge in [0, 0.05) is 41.6 Å². The molecule has 1 aliphatic heterocycles. The molecule has 120 valence electrons. The molecule has 0 spiro atoms. The zero-order valence-electron chi connectivity index (χ0n) is 13.0. The summed E-state index contributed by atoms with van der Waals surface area (Å²) in [4.78, 5) is 26.2. The Labute approximate surface area is 140 Å². The molecule has 1 unspecified atom stereocenters. The summed E-state index contributed by atoms with van der Waals surface area (Å²) in [5.41, 5.74) is 1.40. The number of amides is 2. The van der Waals surface area contributed by atoms with Crippen LogP contribution in [0.1, 0.15) is 24.2 Å². The second kappa shape index (κ2) is 8.48. The van der Waals surface area contributed by atoms with Crippen molar-refractivity contribution >= 4 is 41.0 Å². The number of anilines is 1. The van der Waals surface area contributed by atoms with E-state index in [0.29, 0.717) is 18.7 Å². The van der Waals surface area contributed by atoms with Crippen LogP contribution in [0.25, 0.3) is 0 Å². The molecule has 2 amide bonds. The Balaban J connectivity index is 1.96. The van der Waals surface area contributed by atoms with Crippen molar-refractivity contribution in [3.8, 4) is 0 Å². The van der Waals surface area contributed by atoms with Crippen LogP contribution < -0.4 is 5.32 Å². The van der Waals surface area contributed by atoms with Gasteiger partial charge in [-0.2, -0.15) is 11.8 Å². The summed E-state index contributed by atoms with van der Waals surface area (Å²) in [5.74, 6) is 3.10. The van der Waals surface area contributed by atoms with Crippen LogP contribution in [0.3, 0.4) is 0 Å². The molecule has 1 aromatic carbocycles. The number of nitrogens with one attached hydrogen (secondary N) is 1. The SMILES string of the molecule is CCN(CC)C(=O)c1ccc(NC(=O)C2CSCCS2)cc1. The zero-order chi connectivity index (χ0) is 15.9. The molecule has 1 atom stereocenters. The average molecular weight is 338 g/mol. The van der Waals surface area contributed by atoms with Gasteiger partial charge in [0.15, 0.2) is 0 Å².